The van der Waals surface area contributed by atoms with Gasteiger partial charge in [-0.15, -0.1) is 21.5 Å². The van der Waals surface area contributed by atoms with E-state index in [-0.39, 0.29) is 0 Å². The number of hydrogen-bond donors (Lipinski definition) is 0. The monoisotopic (exact) mass is 436 g/mol. The minimum absolute atomic E-state index is 0.503. The van der Waals surface area contributed by atoms with Crippen molar-refractivity contribution in [1.29, 1.82) is 0 Å². The summed E-state index contributed by atoms with van der Waals surface area (Å²) in [7, 11) is 0. The Bertz CT molecular complexity index is 1070. The summed E-state index contributed by atoms with van der Waals surface area (Å²) in [6.45, 7) is 0. The number of nitrogens with zero attached hydrogens (tertiary/aromatic N) is 4. The molecule has 4 aromatic rings. The average molecular weight is 437 g/mol. The summed E-state index contributed by atoms with van der Waals surface area (Å²) in [5, 5.41) is 16.6. The fraction of sp³-hybridized carbons (Fsp3) is 0.348. The Morgan fingerprint density at radius 3 is 2.70 bits per heavy atom. The Kier molecular flexibility index (Phi) is 5.99. The van der Waals surface area contributed by atoms with Crippen molar-refractivity contribution in [3.05, 3.63) is 70.3 Å². The molecule has 0 aliphatic heterocycles. The fourth-order valence-corrected chi connectivity index (χ4v) is 5.66. The predicted molar refractivity (Wildman–Crippen MR) is 121 cm³/mol. The first-order valence-electron chi connectivity index (χ1n) is 10.5. The van der Waals surface area contributed by atoms with Gasteiger partial charge in [0.2, 0.25) is 0 Å². The molecule has 30 heavy (non-hydrogen) atoms. The molecular weight excluding hydrogens is 412 g/mol. The summed E-state index contributed by atoms with van der Waals surface area (Å²) in [4.78, 5) is 1.33. The van der Waals surface area contributed by atoms with Gasteiger partial charge in [-0.2, -0.15) is 0 Å². The number of hydrogen-bond acceptors (Lipinski definition) is 6. The van der Waals surface area contributed by atoms with Gasteiger partial charge in [-0.05, 0) is 24.3 Å². The van der Waals surface area contributed by atoms with Crippen LogP contribution in [0.15, 0.2) is 63.6 Å². The molecule has 0 spiro atoms. The Hall–Kier alpha value is -2.38. The highest BCUT2D eigenvalue weighted by molar-refractivity contribution is 7.98. The molecule has 0 bridgehead atoms. The van der Waals surface area contributed by atoms with Crippen molar-refractivity contribution in [3.8, 4) is 11.3 Å². The van der Waals surface area contributed by atoms with E-state index in [2.05, 4.69) is 37.4 Å². The topological polar surface area (TPSA) is 56.7 Å². The zero-order chi connectivity index (χ0) is 20.2. The molecule has 3 aromatic heterocycles. The highest BCUT2D eigenvalue weighted by Gasteiger charge is 2.23. The van der Waals surface area contributed by atoms with Gasteiger partial charge in [-0.1, -0.05) is 72.6 Å². The number of aromatic nitrogens is 4. The standard InChI is InChI=1S/C23H24N4OS2/c1-3-8-17(9-4-1)21-14-18(26-28-21)16-30-23-25-24-22(15-20-12-7-13-29-20)27(23)19-10-5-2-6-11-19/h1,3-4,7-9,12-14,19H,2,5-6,10-11,15-16H2. The molecule has 1 aromatic carbocycles. The lowest BCUT2D eigenvalue weighted by molar-refractivity contribution is 0.330. The van der Waals surface area contributed by atoms with Crippen molar-refractivity contribution in [2.75, 3.05) is 0 Å². The summed E-state index contributed by atoms with van der Waals surface area (Å²) < 4.78 is 7.96. The summed E-state index contributed by atoms with van der Waals surface area (Å²) >= 11 is 3.49. The molecule has 7 heteroatoms. The summed E-state index contributed by atoms with van der Waals surface area (Å²) in [5.41, 5.74) is 1.97. The predicted octanol–water partition coefficient (Wildman–Crippen LogP) is 6.38. The average Bonchev–Trinajstić information content (AvgIpc) is 3.55. The van der Waals surface area contributed by atoms with E-state index in [4.69, 9.17) is 4.52 Å². The molecule has 0 amide bonds. The van der Waals surface area contributed by atoms with Crippen LogP contribution in [0.2, 0.25) is 0 Å². The molecule has 0 radical (unpaired) electrons. The van der Waals surface area contributed by atoms with Gasteiger partial charge in [-0.25, -0.2) is 0 Å². The highest BCUT2D eigenvalue weighted by atomic mass is 32.2. The van der Waals surface area contributed by atoms with Gasteiger partial charge in [0.15, 0.2) is 10.9 Å². The van der Waals surface area contributed by atoms with Crippen LogP contribution < -0.4 is 0 Å². The number of thiophene rings is 1. The van der Waals surface area contributed by atoms with Gasteiger partial charge >= 0.3 is 0 Å². The largest absolute Gasteiger partial charge is 0.356 e. The van der Waals surface area contributed by atoms with Crippen LogP contribution in [0.3, 0.4) is 0 Å². The van der Waals surface area contributed by atoms with Crippen LogP contribution in [0.25, 0.3) is 11.3 Å². The molecule has 5 rings (SSSR count). The van der Waals surface area contributed by atoms with Gasteiger partial charge in [-0.3, -0.25) is 0 Å². The molecule has 1 aliphatic rings. The van der Waals surface area contributed by atoms with Gasteiger partial charge in [0.1, 0.15) is 5.82 Å². The number of benzene rings is 1. The van der Waals surface area contributed by atoms with Crippen LogP contribution in [0.1, 0.15) is 54.5 Å². The number of thioether (sulfide) groups is 1. The molecule has 0 N–H and O–H groups in total. The third-order valence-corrected chi connectivity index (χ3v) is 7.41. The maximum atomic E-state index is 5.56. The molecule has 3 heterocycles. The minimum Gasteiger partial charge on any atom is -0.356 e. The second-order valence-electron chi connectivity index (χ2n) is 7.65. The first kappa shape index (κ1) is 19.6. The van der Waals surface area contributed by atoms with Crippen LogP contribution >= 0.6 is 23.1 Å². The quantitative estimate of drug-likeness (QED) is 0.315. The van der Waals surface area contributed by atoms with Crippen molar-refractivity contribution >= 4 is 23.1 Å². The molecule has 0 saturated heterocycles. The SMILES string of the molecule is c1ccc(-c2cc(CSc3nnc(Cc4cccs4)n3C3CCCCC3)no2)cc1. The minimum atomic E-state index is 0.503. The van der Waals surface area contributed by atoms with E-state index in [0.29, 0.717) is 6.04 Å². The summed E-state index contributed by atoms with van der Waals surface area (Å²) in [6, 6.07) is 16.9. The Balaban J connectivity index is 1.35. The smallest absolute Gasteiger partial charge is 0.191 e. The highest BCUT2D eigenvalue weighted by Crippen LogP contribution is 2.34. The van der Waals surface area contributed by atoms with Crippen LogP contribution in [-0.2, 0) is 12.2 Å². The van der Waals surface area contributed by atoms with Crippen molar-refractivity contribution < 1.29 is 4.52 Å². The van der Waals surface area contributed by atoms with Crippen LogP contribution in [-0.4, -0.2) is 19.9 Å². The number of rotatable bonds is 7. The molecule has 1 fully saturated rings. The normalized spacial score (nSPS) is 14.9. The van der Waals surface area contributed by atoms with Crippen molar-refractivity contribution in [2.45, 2.75) is 55.5 Å². The Morgan fingerprint density at radius 2 is 1.90 bits per heavy atom. The fourth-order valence-electron chi connectivity index (χ4n) is 4.06. The van der Waals surface area contributed by atoms with E-state index in [1.165, 1.54) is 37.0 Å². The lowest BCUT2D eigenvalue weighted by Crippen LogP contribution is -2.16. The second kappa shape index (κ2) is 9.18. The third kappa shape index (κ3) is 4.37. The van der Waals surface area contributed by atoms with Gasteiger partial charge in [0, 0.05) is 34.7 Å². The molecular formula is C23H24N4OS2. The molecule has 0 unspecified atom stereocenters. The van der Waals surface area contributed by atoms with Crippen molar-refractivity contribution in [3.63, 3.8) is 0 Å². The Morgan fingerprint density at radius 1 is 1.03 bits per heavy atom. The zero-order valence-electron chi connectivity index (χ0n) is 16.7. The molecule has 1 saturated carbocycles. The van der Waals surface area contributed by atoms with Crippen molar-refractivity contribution in [2.24, 2.45) is 0 Å². The van der Waals surface area contributed by atoms with Crippen LogP contribution in [0, 0.1) is 0 Å². The van der Waals surface area contributed by atoms with E-state index in [1.54, 1.807) is 23.1 Å². The van der Waals surface area contributed by atoms with Crippen molar-refractivity contribution in [1.82, 2.24) is 19.9 Å². The molecule has 5 nitrogen and oxygen atoms in total. The molecule has 0 atom stereocenters. The molecule has 1 aliphatic carbocycles. The summed E-state index contributed by atoms with van der Waals surface area (Å²) in [6.07, 6.45) is 7.19. The maximum absolute atomic E-state index is 5.56. The molecule has 154 valence electrons. The van der Waals surface area contributed by atoms with Gasteiger partial charge in [0.05, 0.1) is 5.69 Å². The first-order valence-corrected chi connectivity index (χ1v) is 12.3. The third-order valence-electron chi connectivity index (χ3n) is 5.55. The van der Waals surface area contributed by atoms with Gasteiger partial charge < -0.3 is 9.09 Å². The second-order valence-corrected chi connectivity index (χ2v) is 9.63. The lowest BCUT2D eigenvalue weighted by Gasteiger charge is -2.25. The maximum Gasteiger partial charge on any atom is 0.191 e. The van der Waals surface area contributed by atoms with E-state index in [9.17, 15) is 0 Å². The first-order chi connectivity index (χ1) is 14.9. The lowest BCUT2D eigenvalue weighted by atomic mass is 9.95. The Labute approximate surface area is 184 Å². The van der Waals surface area contributed by atoms with E-state index in [0.717, 1.165) is 40.2 Å². The van der Waals surface area contributed by atoms with E-state index < -0.39 is 0 Å². The van der Waals surface area contributed by atoms with E-state index >= 15 is 0 Å². The van der Waals surface area contributed by atoms with Crippen LogP contribution in [0.4, 0.5) is 0 Å². The zero-order valence-corrected chi connectivity index (χ0v) is 18.4. The van der Waals surface area contributed by atoms with Crippen LogP contribution in [0.5, 0.6) is 0 Å². The van der Waals surface area contributed by atoms with Gasteiger partial charge in [0.25, 0.3) is 0 Å². The van der Waals surface area contributed by atoms with E-state index in [1.807, 2.05) is 36.4 Å². The summed E-state index contributed by atoms with van der Waals surface area (Å²) in [5.74, 6) is 2.61.